The Balaban J connectivity index is 1.54. The second-order valence-electron chi connectivity index (χ2n) is 6.44. The number of rotatable bonds is 9. The van der Waals surface area contributed by atoms with E-state index in [0.717, 1.165) is 18.7 Å². The smallest absolute Gasteiger partial charge is 0.225 e. The van der Waals surface area contributed by atoms with Crippen molar-refractivity contribution in [1.82, 2.24) is 14.8 Å². The molecule has 1 aromatic heterocycles. The zero-order valence-corrected chi connectivity index (χ0v) is 16.6. The van der Waals surface area contributed by atoms with Gasteiger partial charge in [0.15, 0.2) is 5.16 Å². The number of nitriles is 1. The molecule has 0 atom stereocenters. The lowest BCUT2D eigenvalue weighted by atomic mass is 10.2. The molecule has 1 fully saturated rings. The highest BCUT2D eigenvalue weighted by atomic mass is 35.5. The minimum absolute atomic E-state index is 0.168. The van der Waals surface area contributed by atoms with Crippen LogP contribution in [0.15, 0.2) is 23.4 Å². The first-order valence-corrected chi connectivity index (χ1v) is 10.2. The number of hydrogen-bond acceptors (Lipinski definition) is 6. The Morgan fingerprint density at radius 3 is 2.79 bits per heavy atom. The summed E-state index contributed by atoms with van der Waals surface area (Å²) < 4.78 is 1.94. The number of nitrogens with zero attached hydrogens (tertiary/aromatic N) is 4. The molecule has 146 valence electrons. The van der Waals surface area contributed by atoms with Crippen LogP contribution in [-0.2, 0) is 16.1 Å². The third kappa shape index (κ3) is 5.24. The van der Waals surface area contributed by atoms with Crippen molar-refractivity contribution in [3.63, 3.8) is 0 Å². The molecule has 0 spiro atoms. The Kier molecular flexibility index (Phi) is 6.54. The first-order valence-electron chi connectivity index (χ1n) is 8.81. The van der Waals surface area contributed by atoms with E-state index in [1.165, 1.54) is 11.8 Å². The summed E-state index contributed by atoms with van der Waals surface area (Å²) in [5, 5.41) is 21.1. The van der Waals surface area contributed by atoms with Gasteiger partial charge in [0.05, 0.1) is 10.6 Å². The van der Waals surface area contributed by atoms with Gasteiger partial charge in [-0.05, 0) is 31.0 Å². The number of primary amides is 1. The number of nitrogens with two attached hydrogens (primary N) is 1. The quantitative estimate of drug-likeness (QED) is 0.602. The molecule has 1 aliphatic carbocycles. The van der Waals surface area contributed by atoms with Crippen molar-refractivity contribution in [2.75, 3.05) is 11.1 Å². The third-order valence-electron chi connectivity index (χ3n) is 4.20. The molecule has 28 heavy (non-hydrogen) atoms. The predicted octanol–water partition coefficient (Wildman–Crippen LogP) is 2.68. The number of halogens is 1. The average molecular weight is 419 g/mol. The highest BCUT2D eigenvalue weighted by molar-refractivity contribution is 7.99. The highest BCUT2D eigenvalue weighted by Crippen LogP contribution is 2.40. The lowest BCUT2D eigenvalue weighted by Crippen LogP contribution is -2.16. The minimum Gasteiger partial charge on any atom is -0.370 e. The molecule has 1 aliphatic rings. The molecule has 3 rings (SSSR count). The number of thioether (sulfide) groups is 1. The molecule has 0 aliphatic heterocycles. The van der Waals surface area contributed by atoms with Gasteiger partial charge in [-0.25, -0.2) is 0 Å². The predicted molar refractivity (Wildman–Crippen MR) is 106 cm³/mol. The van der Waals surface area contributed by atoms with E-state index in [1.54, 1.807) is 18.2 Å². The summed E-state index contributed by atoms with van der Waals surface area (Å²) in [5.41, 5.74) is 6.16. The van der Waals surface area contributed by atoms with E-state index >= 15 is 0 Å². The zero-order valence-electron chi connectivity index (χ0n) is 15.0. The maximum absolute atomic E-state index is 12.2. The Morgan fingerprint density at radius 2 is 2.14 bits per heavy atom. The molecular weight excluding hydrogens is 400 g/mol. The summed E-state index contributed by atoms with van der Waals surface area (Å²) in [4.78, 5) is 23.3. The topological polar surface area (TPSA) is 127 Å². The van der Waals surface area contributed by atoms with E-state index in [-0.39, 0.29) is 24.7 Å². The molecule has 0 bridgehead atoms. The van der Waals surface area contributed by atoms with E-state index in [4.69, 9.17) is 22.6 Å². The lowest BCUT2D eigenvalue weighted by molar-refractivity contribution is -0.118. The van der Waals surface area contributed by atoms with Crippen molar-refractivity contribution in [3.05, 3.63) is 34.6 Å². The van der Waals surface area contributed by atoms with Gasteiger partial charge in [0.2, 0.25) is 11.8 Å². The second kappa shape index (κ2) is 9.08. The lowest BCUT2D eigenvalue weighted by Gasteiger charge is -2.09. The van der Waals surface area contributed by atoms with Crippen molar-refractivity contribution in [1.29, 1.82) is 5.26 Å². The molecule has 0 radical (unpaired) electrons. The maximum atomic E-state index is 12.2. The largest absolute Gasteiger partial charge is 0.370 e. The first kappa shape index (κ1) is 20.2. The summed E-state index contributed by atoms with van der Waals surface area (Å²) in [7, 11) is 0. The summed E-state index contributed by atoms with van der Waals surface area (Å²) >= 11 is 7.39. The minimum atomic E-state index is -0.369. The Morgan fingerprint density at radius 1 is 1.36 bits per heavy atom. The van der Waals surface area contributed by atoms with Gasteiger partial charge in [-0.1, -0.05) is 23.4 Å². The van der Waals surface area contributed by atoms with Gasteiger partial charge in [0, 0.05) is 36.7 Å². The number of benzene rings is 1. The Hall–Kier alpha value is -2.57. The van der Waals surface area contributed by atoms with Crippen LogP contribution >= 0.6 is 23.4 Å². The fourth-order valence-corrected chi connectivity index (χ4v) is 3.76. The molecule has 1 heterocycles. The van der Waals surface area contributed by atoms with Gasteiger partial charge in [-0.2, -0.15) is 5.26 Å². The van der Waals surface area contributed by atoms with Crippen molar-refractivity contribution >= 4 is 40.9 Å². The fraction of sp³-hybridized carbons (Fsp3) is 0.389. The molecule has 2 amide bonds. The molecule has 0 unspecified atom stereocenters. The highest BCUT2D eigenvalue weighted by Gasteiger charge is 2.30. The molecule has 2 aromatic rings. The number of carbonyl (C=O) groups is 2. The molecule has 3 N–H and O–H groups in total. The normalized spacial score (nSPS) is 13.1. The van der Waals surface area contributed by atoms with E-state index in [0.29, 0.717) is 39.6 Å². The number of anilines is 1. The summed E-state index contributed by atoms with van der Waals surface area (Å²) in [6, 6.07) is 6.72. The van der Waals surface area contributed by atoms with Crippen LogP contribution in [-0.4, -0.2) is 32.3 Å². The number of nitrogens with one attached hydrogen (secondary N) is 1. The Bertz CT molecular complexity index is 935. The van der Waals surface area contributed by atoms with Crippen LogP contribution in [0.25, 0.3) is 0 Å². The monoisotopic (exact) mass is 418 g/mol. The van der Waals surface area contributed by atoms with Gasteiger partial charge in [-0.15, -0.1) is 10.2 Å². The SMILES string of the molecule is N#Cc1ccc(NC(=O)CCSc2nnc(C3CC3)n2CCC(N)=O)cc1Cl. The molecule has 0 saturated heterocycles. The van der Waals surface area contributed by atoms with Crippen molar-refractivity contribution in [2.24, 2.45) is 5.73 Å². The van der Waals surface area contributed by atoms with Gasteiger partial charge in [0.1, 0.15) is 11.9 Å². The molecule has 1 aromatic carbocycles. The maximum Gasteiger partial charge on any atom is 0.225 e. The summed E-state index contributed by atoms with van der Waals surface area (Å²) in [6.07, 6.45) is 2.65. The number of aromatic nitrogens is 3. The van der Waals surface area contributed by atoms with Gasteiger partial charge < -0.3 is 15.6 Å². The number of amides is 2. The average Bonchev–Trinajstić information content (AvgIpc) is 3.41. The summed E-state index contributed by atoms with van der Waals surface area (Å²) in [6.45, 7) is 0.451. The summed E-state index contributed by atoms with van der Waals surface area (Å²) in [5.74, 6) is 1.26. The molecule has 8 nitrogen and oxygen atoms in total. The van der Waals surface area contributed by atoms with Crippen LogP contribution in [0.5, 0.6) is 0 Å². The van der Waals surface area contributed by atoms with E-state index in [9.17, 15) is 9.59 Å². The van der Waals surface area contributed by atoms with Crippen LogP contribution in [0.4, 0.5) is 5.69 Å². The molecular formula is C18H19ClN6O2S. The first-order chi connectivity index (χ1) is 13.5. The van der Waals surface area contributed by atoms with Gasteiger partial charge in [-0.3, -0.25) is 9.59 Å². The van der Waals surface area contributed by atoms with Gasteiger partial charge >= 0.3 is 0 Å². The van der Waals surface area contributed by atoms with Crippen LogP contribution < -0.4 is 11.1 Å². The van der Waals surface area contributed by atoms with Crippen LogP contribution in [0, 0.1) is 11.3 Å². The Labute approximate surface area is 171 Å². The van der Waals surface area contributed by atoms with Gasteiger partial charge in [0.25, 0.3) is 0 Å². The molecule has 10 heteroatoms. The third-order valence-corrected chi connectivity index (χ3v) is 5.48. The second-order valence-corrected chi connectivity index (χ2v) is 7.91. The van der Waals surface area contributed by atoms with Crippen molar-refractivity contribution in [2.45, 2.75) is 43.3 Å². The van der Waals surface area contributed by atoms with E-state index in [1.807, 2.05) is 10.6 Å². The van der Waals surface area contributed by atoms with E-state index < -0.39 is 0 Å². The van der Waals surface area contributed by atoms with Crippen LogP contribution in [0.2, 0.25) is 5.02 Å². The number of carbonyl (C=O) groups excluding carboxylic acids is 2. The number of hydrogen-bond donors (Lipinski definition) is 2. The fourth-order valence-electron chi connectivity index (χ4n) is 2.62. The van der Waals surface area contributed by atoms with Crippen LogP contribution in [0.3, 0.4) is 0 Å². The van der Waals surface area contributed by atoms with E-state index in [2.05, 4.69) is 15.5 Å². The van der Waals surface area contributed by atoms with Crippen LogP contribution in [0.1, 0.15) is 43.0 Å². The zero-order chi connectivity index (χ0) is 20.1. The van der Waals surface area contributed by atoms with Crippen molar-refractivity contribution in [3.8, 4) is 6.07 Å². The molecule has 1 saturated carbocycles. The standard InChI is InChI=1S/C18H19ClN6O2S/c19-14-9-13(4-3-12(14)10-20)22-16(27)6-8-28-18-24-23-17(11-1-2-11)25(18)7-5-15(21)26/h3-4,9,11H,1-2,5-8H2,(H2,21,26)(H,22,27). The van der Waals surface area contributed by atoms with Crippen molar-refractivity contribution < 1.29 is 9.59 Å².